The standard InChI is InChI=1S/C23H29FN6O3/c1-2-32-19-12-17-16(11-15(19)24)26-22(27-17)21-18(28-23(31)14-6-8-25-9-7-14)13-30(29-21)20-5-3-4-10-33-20/h11-14,20,25H,2-10H2,1H3,(H,26,27)(H,28,31). The third-order valence-electron chi connectivity index (χ3n) is 6.21. The number of ether oxygens (including phenoxy) is 2. The molecule has 0 spiro atoms. The number of H-pyrrole nitrogens is 1. The van der Waals surface area contributed by atoms with Gasteiger partial charge in [0.05, 0.1) is 29.5 Å². The monoisotopic (exact) mass is 456 g/mol. The minimum Gasteiger partial charge on any atom is -0.491 e. The zero-order valence-electron chi connectivity index (χ0n) is 18.7. The van der Waals surface area contributed by atoms with E-state index in [4.69, 9.17) is 14.6 Å². The minimum atomic E-state index is -0.458. The summed E-state index contributed by atoms with van der Waals surface area (Å²) in [6, 6.07) is 2.94. The molecule has 1 amide bonds. The number of carbonyl (C=O) groups is 1. The van der Waals surface area contributed by atoms with Crippen LogP contribution >= 0.6 is 0 Å². The number of nitrogens with zero attached hydrogens (tertiary/aromatic N) is 3. The quantitative estimate of drug-likeness (QED) is 0.523. The van der Waals surface area contributed by atoms with E-state index in [2.05, 4.69) is 20.6 Å². The van der Waals surface area contributed by atoms with Gasteiger partial charge in [-0.2, -0.15) is 5.10 Å². The van der Waals surface area contributed by atoms with Crippen molar-refractivity contribution < 1.29 is 18.7 Å². The van der Waals surface area contributed by atoms with Gasteiger partial charge in [0.2, 0.25) is 5.91 Å². The van der Waals surface area contributed by atoms with Crippen molar-refractivity contribution in [2.24, 2.45) is 5.92 Å². The number of amides is 1. The van der Waals surface area contributed by atoms with Gasteiger partial charge in [0, 0.05) is 24.7 Å². The first-order valence-electron chi connectivity index (χ1n) is 11.7. The number of halogens is 1. The van der Waals surface area contributed by atoms with E-state index < -0.39 is 5.82 Å². The summed E-state index contributed by atoms with van der Waals surface area (Å²) in [6.45, 7) is 4.50. The molecule has 0 bridgehead atoms. The number of anilines is 1. The van der Waals surface area contributed by atoms with Crippen LogP contribution in [0, 0.1) is 11.7 Å². The van der Waals surface area contributed by atoms with Gasteiger partial charge >= 0.3 is 0 Å². The molecule has 9 nitrogen and oxygen atoms in total. The normalized spacial score (nSPS) is 19.6. The van der Waals surface area contributed by atoms with E-state index in [9.17, 15) is 9.18 Å². The number of imidazole rings is 1. The van der Waals surface area contributed by atoms with Crippen LogP contribution in [0.1, 0.15) is 45.3 Å². The Hall–Kier alpha value is -2.98. The van der Waals surface area contributed by atoms with Gasteiger partial charge in [-0.25, -0.2) is 14.1 Å². The van der Waals surface area contributed by atoms with Gasteiger partial charge in [-0.3, -0.25) is 4.79 Å². The molecule has 1 atom stereocenters. The molecule has 5 rings (SSSR count). The van der Waals surface area contributed by atoms with Crippen molar-refractivity contribution in [1.29, 1.82) is 0 Å². The average molecular weight is 457 g/mol. The van der Waals surface area contributed by atoms with Gasteiger partial charge < -0.3 is 25.1 Å². The smallest absolute Gasteiger partial charge is 0.227 e. The number of hydrogen-bond donors (Lipinski definition) is 3. The summed E-state index contributed by atoms with van der Waals surface area (Å²) in [6.07, 6.45) is 6.15. The fraction of sp³-hybridized carbons (Fsp3) is 0.522. The lowest BCUT2D eigenvalue weighted by Crippen LogP contribution is -2.34. The molecule has 2 aliphatic rings. The van der Waals surface area contributed by atoms with Crippen LogP contribution in [0.5, 0.6) is 5.75 Å². The minimum absolute atomic E-state index is 0.0253. The highest BCUT2D eigenvalue weighted by Gasteiger charge is 2.26. The lowest BCUT2D eigenvalue weighted by atomic mass is 9.97. The Morgan fingerprint density at radius 3 is 2.91 bits per heavy atom. The molecule has 0 aliphatic carbocycles. The van der Waals surface area contributed by atoms with Gasteiger partial charge in [0.15, 0.2) is 23.1 Å². The Labute approximate surface area is 191 Å². The topological polar surface area (TPSA) is 106 Å². The summed E-state index contributed by atoms with van der Waals surface area (Å²) < 4.78 is 27.4. The Morgan fingerprint density at radius 1 is 1.30 bits per heavy atom. The molecule has 3 N–H and O–H groups in total. The summed E-state index contributed by atoms with van der Waals surface area (Å²) in [5.41, 5.74) is 2.16. The number of benzene rings is 1. The van der Waals surface area contributed by atoms with Crippen LogP contribution in [0.25, 0.3) is 22.6 Å². The first-order valence-corrected chi connectivity index (χ1v) is 11.7. The zero-order chi connectivity index (χ0) is 22.8. The van der Waals surface area contributed by atoms with Gasteiger partial charge in [0.1, 0.15) is 6.23 Å². The van der Waals surface area contributed by atoms with Crippen LogP contribution in [-0.4, -0.2) is 52.0 Å². The van der Waals surface area contributed by atoms with Crippen LogP contribution in [0.2, 0.25) is 0 Å². The second-order valence-corrected chi connectivity index (χ2v) is 8.52. The summed E-state index contributed by atoms with van der Waals surface area (Å²) in [7, 11) is 0. The predicted molar refractivity (Wildman–Crippen MR) is 122 cm³/mol. The van der Waals surface area contributed by atoms with Crippen LogP contribution in [0.4, 0.5) is 10.1 Å². The zero-order valence-corrected chi connectivity index (χ0v) is 18.7. The van der Waals surface area contributed by atoms with Crippen molar-refractivity contribution in [2.75, 3.05) is 31.6 Å². The second kappa shape index (κ2) is 9.48. The van der Waals surface area contributed by atoms with Gasteiger partial charge in [-0.15, -0.1) is 0 Å². The van der Waals surface area contributed by atoms with Crippen molar-refractivity contribution in [2.45, 2.75) is 45.3 Å². The van der Waals surface area contributed by atoms with E-state index in [1.165, 1.54) is 6.07 Å². The molecule has 1 unspecified atom stereocenters. The Morgan fingerprint density at radius 2 is 2.15 bits per heavy atom. The molecule has 0 saturated carbocycles. The van der Waals surface area contributed by atoms with E-state index in [-0.39, 0.29) is 23.8 Å². The van der Waals surface area contributed by atoms with Crippen molar-refractivity contribution in [3.8, 4) is 17.3 Å². The Bertz CT molecular complexity index is 1130. The maximum atomic E-state index is 14.4. The summed E-state index contributed by atoms with van der Waals surface area (Å²) in [5, 5.41) is 11.1. The number of carbonyl (C=O) groups excluding carboxylic acids is 1. The van der Waals surface area contributed by atoms with Crippen LogP contribution in [0.3, 0.4) is 0 Å². The molecule has 2 saturated heterocycles. The largest absolute Gasteiger partial charge is 0.491 e. The Balaban J connectivity index is 1.50. The molecule has 176 valence electrons. The molecule has 33 heavy (non-hydrogen) atoms. The van der Waals surface area contributed by atoms with Crippen molar-refractivity contribution in [3.63, 3.8) is 0 Å². The van der Waals surface area contributed by atoms with Crippen molar-refractivity contribution >= 4 is 22.6 Å². The number of piperidine rings is 1. The number of aromatic amines is 1. The van der Waals surface area contributed by atoms with Crippen molar-refractivity contribution in [3.05, 3.63) is 24.1 Å². The summed E-state index contributed by atoms with van der Waals surface area (Å²) in [4.78, 5) is 20.7. The van der Waals surface area contributed by atoms with E-state index in [1.54, 1.807) is 17.7 Å². The molecule has 2 fully saturated rings. The number of aromatic nitrogens is 4. The maximum absolute atomic E-state index is 14.4. The number of nitrogens with one attached hydrogen (secondary N) is 3. The summed E-state index contributed by atoms with van der Waals surface area (Å²) >= 11 is 0. The highest BCUT2D eigenvalue weighted by molar-refractivity contribution is 5.96. The lowest BCUT2D eigenvalue weighted by molar-refractivity contribution is -0.120. The third kappa shape index (κ3) is 4.58. The average Bonchev–Trinajstić information content (AvgIpc) is 3.44. The fourth-order valence-electron chi connectivity index (χ4n) is 4.45. The first-order chi connectivity index (χ1) is 16.1. The number of rotatable bonds is 6. The number of fused-ring (bicyclic) bond motifs is 1. The third-order valence-corrected chi connectivity index (χ3v) is 6.21. The highest BCUT2D eigenvalue weighted by Crippen LogP contribution is 2.32. The molecular weight excluding hydrogens is 427 g/mol. The molecule has 2 aromatic heterocycles. The van der Waals surface area contributed by atoms with Crippen LogP contribution < -0.4 is 15.4 Å². The van der Waals surface area contributed by atoms with Gasteiger partial charge in [-0.1, -0.05) is 0 Å². The van der Waals surface area contributed by atoms with E-state index in [0.29, 0.717) is 41.5 Å². The lowest BCUT2D eigenvalue weighted by Gasteiger charge is -2.22. The molecule has 10 heteroatoms. The van der Waals surface area contributed by atoms with Gasteiger partial charge in [0.25, 0.3) is 0 Å². The predicted octanol–water partition coefficient (Wildman–Crippen LogP) is 3.60. The second-order valence-electron chi connectivity index (χ2n) is 8.52. The molecule has 2 aliphatic heterocycles. The first kappa shape index (κ1) is 21.8. The van der Waals surface area contributed by atoms with Crippen molar-refractivity contribution in [1.82, 2.24) is 25.1 Å². The van der Waals surface area contributed by atoms with Gasteiger partial charge in [-0.05, 0) is 52.1 Å². The molecule has 0 radical (unpaired) electrons. The Kier molecular flexibility index (Phi) is 6.28. The fourth-order valence-corrected chi connectivity index (χ4v) is 4.45. The van der Waals surface area contributed by atoms with E-state index in [1.807, 2.05) is 6.20 Å². The summed E-state index contributed by atoms with van der Waals surface area (Å²) in [5.74, 6) is 0.0755. The van der Waals surface area contributed by atoms with E-state index in [0.717, 1.165) is 45.2 Å². The SMILES string of the molecule is CCOc1cc2nc(-c3nn(C4CCCCO4)cc3NC(=O)C3CCNCC3)[nH]c2cc1F. The van der Waals surface area contributed by atoms with E-state index >= 15 is 0 Å². The molecule has 3 aromatic rings. The van der Waals surface area contributed by atoms with Crippen LogP contribution in [0.15, 0.2) is 18.3 Å². The molecular formula is C23H29FN6O3. The van der Waals surface area contributed by atoms with Crippen LogP contribution in [-0.2, 0) is 9.53 Å². The number of hydrogen-bond acceptors (Lipinski definition) is 6. The highest BCUT2D eigenvalue weighted by atomic mass is 19.1. The molecule has 1 aromatic carbocycles. The molecule has 4 heterocycles. The maximum Gasteiger partial charge on any atom is 0.227 e.